The van der Waals surface area contributed by atoms with E-state index >= 15 is 0 Å². The van der Waals surface area contributed by atoms with Crippen molar-refractivity contribution in [2.24, 2.45) is 17.3 Å². The lowest BCUT2D eigenvalue weighted by Gasteiger charge is -2.39. The molecule has 0 saturated heterocycles. The van der Waals surface area contributed by atoms with Gasteiger partial charge in [0, 0.05) is 17.8 Å². The van der Waals surface area contributed by atoms with Crippen molar-refractivity contribution in [2.75, 3.05) is 7.11 Å². The maximum Gasteiger partial charge on any atom is 0.0989 e. The van der Waals surface area contributed by atoms with Crippen molar-refractivity contribution in [1.29, 1.82) is 0 Å². The zero-order valence-corrected chi connectivity index (χ0v) is 13.2. The molecule has 0 bridgehead atoms. The first-order valence-corrected chi connectivity index (χ1v) is 7.43. The van der Waals surface area contributed by atoms with Gasteiger partial charge in [-0.3, -0.25) is 0 Å². The van der Waals surface area contributed by atoms with E-state index in [9.17, 15) is 5.11 Å². The van der Waals surface area contributed by atoms with Crippen LogP contribution in [0.1, 0.15) is 40.5 Å². The van der Waals surface area contributed by atoms with Crippen LogP contribution in [0.5, 0.6) is 0 Å². The highest BCUT2D eigenvalue weighted by atomic mass is 16.5. The molecule has 2 nitrogen and oxygen atoms in total. The molecule has 2 heteroatoms. The Hall–Kier alpha value is -1.44. The van der Waals surface area contributed by atoms with Gasteiger partial charge in [0.05, 0.1) is 18.6 Å². The first-order chi connectivity index (χ1) is 9.37. The van der Waals surface area contributed by atoms with Gasteiger partial charge in [0.15, 0.2) is 0 Å². The van der Waals surface area contributed by atoms with Gasteiger partial charge in [0.25, 0.3) is 0 Å². The predicted octanol–water partition coefficient (Wildman–Crippen LogP) is 4.92. The van der Waals surface area contributed by atoms with Crippen LogP contribution in [0.25, 0.3) is 0 Å². The molecule has 20 heavy (non-hydrogen) atoms. The number of hydrogen-bond acceptors (Lipinski definition) is 2. The summed E-state index contributed by atoms with van der Waals surface area (Å²) >= 11 is 0. The first kappa shape index (κ1) is 15.0. The third-order valence-electron chi connectivity index (χ3n) is 5.00. The monoisotopic (exact) mass is 274 g/mol. The summed E-state index contributed by atoms with van der Waals surface area (Å²) < 4.78 is 5.45. The highest BCUT2D eigenvalue weighted by molar-refractivity contribution is 5.38. The average Bonchev–Trinajstić information content (AvgIpc) is 2.42. The predicted molar refractivity (Wildman–Crippen MR) is 83.3 cm³/mol. The third kappa shape index (κ3) is 2.56. The molecule has 1 N–H and O–H groups in total. The number of aliphatic hydroxyl groups is 1. The second-order valence-electron chi connectivity index (χ2n) is 6.45. The van der Waals surface area contributed by atoms with Crippen LogP contribution in [-0.2, 0) is 4.74 Å². The number of ether oxygens (including phenoxy) is 1. The van der Waals surface area contributed by atoms with Gasteiger partial charge in [-0.25, -0.2) is 0 Å². The number of aliphatic hydroxyl groups excluding tert-OH is 1. The van der Waals surface area contributed by atoms with E-state index in [-0.39, 0.29) is 5.41 Å². The smallest absolute Gasteiger partial charge is 0.0989 e. The maximum atomic E-state index is 9.54. The molecule has 2 atom stereocenters. The Labute approximate surface area is 122 Å². The van der Waals surface area contributed by atoms with E-state index in [0.29, 0.717) is 17.6 Å². The van der Waals surface area contributed by atoms with Crippen LogP contribution >= 0.6 is 0 Å². The molecule has 0 spiro atoms. The molecule has 1 unspecified atom stereocenters. The fourth-order valence-corrected chi connectivity index (χ4v) is 3.36. The highest BCUT2D eigenvalue weighted by Gasteiger charge is 2.35. The van der Waals surface area contributed by atoms with Crippen molar-refractivity contribution < 1.29 is 9.84 Å². The minimum atomic E-state index is 0.0284. The van der Waals surface area contributed by atoms with Crippen LogP contribution in [0.2, 0.25) is 0 Å². The maximum absolute atomic E-state index is 9.54. The van der Waals surface area contributed by atoms with Crippen LogP contribution in [-0.4, -0.2) is 12.2 Å². The lowest BCUT2D eigenvalue weighted by atomic mass is 9.66. The molecule has 0 fully saturated rings. The van der Waals surface area contributed by atoms with Gasteiger partial charge < -0.3 is 9.84 Å². The Morgan fingerprint density at radius 1 is 1.05 bits per heavy atom. The van der Waals surface area contributed by atoms with Gasteiger partial charge in [-0.05, 0) is 24.5 Å². The van der Waals surface area contributed by atoms with Crippen molar-refractivity contribution in [1.82, 2.24) is 0 Å². The van der Waals surface area contributed by atoms with Crippen LogP contribution in [0, 0.1) is 17.3 Å². The summed E-state index contributed by atoms with van der Waals surface area (Å²) in [5.74, 6) is 2.43. The average molecular weight is 274 g/mol. The van der Waals surface area contributed by atoms with Gasteiger partial charge >= 0.3 is 0 Å². The van der Waals surface area contributed by atoms with Crippen molar-refractivity contribution >= 4 is 0 Å². The summed E-state index contributed by atoms with van der Waals surface area (Å²) in [5.41, 5.74) is 2.88. The summed E-state index contributed by atoms with van der Waals surface area (Å²) in [6.07, 6.45) is 9.96. The molecule has 2 aliphatic carbocycles. The van der Waals surface area contributed by atoms with Gasteiger partial charge in [-0.15, -0.1) is 0 Å². The zero-order valence-electron chi connectivity index (χ0n) is 13.2. The zero-order chi connectivity index (χ0) is 14.9. The Kier molecular flexibility index (Phi) is 4.12. The van der Waals surface area contributed by atoms with E-state index < -0.39 is 0 Å². The fourth-order valence-electron chi connectivity index (χ4n) is 3.36. The standard InChI is InChI=1S/C18H26O2/c1-12-13(2)17(20-5)11-10-16(12)18(3,4)14-6-8-15(19)9-7-14/h6,8,10-13,19H,7,9H2,1-5H3/t12-,13?/m1/s1. The summed E-state index contributed by atoms with van der Waals surface area (Å²) in [6.45, 7) is 9.08. The highest BCUT2D eigenvalue weighted by Crippen LogP contribution is 2.46. The molecule has 0 amide bonds. The number of hydrogen-bond donors (Lipinski definition) is 1. The van der Waals surface area contributed by atoms with Gasteiger partial charge in [0.2, 0.25) is 0 Å². The van der Waals surface area contributed by atoms with E-state index in [0.717, 1.165) is 18.6 Å². The lowest BCUT2D eigenvalue weighted by molar-refractivity contribution is 0.216. The molecule has 110 valence electrons. The first-order valence-electron chi connectivity index (χ1n) is 7.43. The molecule has 2 rings (SSSR count). The second kappa shape index (κ2) is 5.51. The number of allylic oxidation sites excluding steroid dienone is 8. The Morgan fingerprint density at radius 2 is 1.75 bits per heavy atom. The molecular formula is C18H26O2. The lowest BCUT2D eigenvalue weighted by Crippen LogP contribution is -2.29. The quantitative estimate of drug-likeness (QED) is 0.791. The molecule has 2 aliphatic rings. The van der Waals surface area contributed by atoms with Crippen LogP contribution in [0.4, 0.5) is 0 Å². The molecule has 0 aromatic heterocycles. The summed E-state index contributed by atoms with van der Waals surface area (Å²) in [7, 11) is 1.75. The van der Waals surface area contributed by atoms with E-state index in [2.05, 4.69) is 45.9 Å². The van der Waals surface area contributed by atoms with Crippen molar-refractivity contribution in [2.45, 2.75) is 40.5 Å². The van der Waals surface area contributed by atoms with Crippen LogP contribution in [0.15, 0.2) is 47.0 Å². The summed E-state index contributed by atoms with van der Waals surface area (Å²) in [4.78, 5) is 0. The molecule has 0 saturated carbocycles. The van der Waals surface area contributed by atoms with Crippen molar-refractivity contribution in [3.63, 3.8) is 0 Å². The van der Waals surface area contributed by atoms with E-state index in [4.69, 9.17) is 4.74 Å². The minimum absolute atomic E-state index is 0.0284. The largest absolute Gasteiger partial charge is 0.512 e. The molecule has 0 aromatic carbocycles. The fraction of sp³-hybridized carbons (Fsp3) is 0.556. The van der Waals surface area contributed by atoms with Crippen LogP contribution < -0.4 is 0 Å². The van der Waals surface area contributed by atoms with Gasteiger partial charge in [0.1, 0.15) is 0 Å². The molecule has 0 radical (unpaired) electrons. The third-order valence-corrected chi connectivity index (χ3v) is 5.00. The number of methoxy groups -OCH3 is 1. The van der Waals surface area contributed by atoms with E-state index in [1.807, 2.05) is 6.08 Å². The Bertz CT molecular complexity index is 504. The molecular weight excluding hydrogens is 248 g/mol. The SMILES string of the molecule is COC1=CC=C(C(C)(C)C2=CC=C(O)CC2)[C@H](C)C1C. The van der Waals surface area contributed by atoms with E-state index in [1.165, 1.54) is 11.1 Å². The van der Waals surface area contributed by atoms with Gasteiger partial charge in [-0.1, -0.05) is 51.0 Å². The Morgan fingerprint density at radius 3 is 2.30 bits per heavy atom. The minimum Gasteiger partial charge on any atom is -0.512 e. The topological polar surface area (TPSA) is 29.5 Å². The number of rotatable bonds is 3. The molecule has 0 aliphatic heterocycles. The summed E-state index contributed by atoms with van der Waals surface area (Å²) in [6, 6.07) is 0. The van der Waals surface area contributed by atoms with Crippen LogP contribution in [0.3, 0.4) is 0 Å². The summed E-state index contributed by atoms with van der Waals surface area (Å²) in [5, 5.41) is 9.54. The molecule has 0 heterocycles. The Balaban J connectivity index is 2.35. The van der Waals surface area contributed by atoms with Crippen molar-refractivity contribution in [3.8, 4) is 0 Å². The van der Waals surface area contributed by atoms with Gasteiger partial charge in [-0.2, -0.15) is 0 Å². The second-order valence-corrected chi connectivity index (χ2v) is 6.45. The molecule has 0 aromatic rings. The normalized spacial score (nSPS) is 27.2. The van der Waals surface area contributed by atoms with E-state index in [1.54, 1.807) is 7.11 Å². The van der Waals surface area contributed by atoms with Crippen molar-refractivity contribution in [3.05, 3.63) is 47.0 Å².